The molecular formula is C13H18BrNO. The van der Waals surface area contributed by atoms with E-state index < -0.39 is 0 Å². The highest BCUT2D eigenvalue weighted by Gasteiger charge is 2.44. The van der Waals surface area contributed by atoms with E-state index in [1.54, 1.807) is 0 Å². The number of halogens is 1. The third-order valence-corrected chi connectivity index (χ3v) is 3.98. The molecule has 0 radical (unpaired) electrons. The van der Waals surface area contributed by atoms with E-state index >= 15 is 0 Å². The highest BCUT2D eigenvalue weighted by atomic mass is 79.9. The summed E-state index contributed by atoms with van der Waals surface area (Å²) in [7, 11) is 0. The minimum Gasteiger partial charge on any atom is -0.392 e. The molecule has 0 unspecified atom stereocenters. The van der Waals surface area contributed by atoms with Crippen molar-refractivity contribution < 1.29 is 5.11 Å². The lowest BCUT2D eigenvalue weighted by Crippen LogP contribution is -2.35. The van der Waals surface area contributed by atoms with Gasteiger partial charge in [0.15, 0.2) is 0 Å². The smallest absolute Gasteiger partial charge is 0.0662 e. The van der Waals surface area contributed by atoms with Gasteiger partial charge in [-0.15, -0.1) is 0 Å². The molecule has 1 fully saturated rings. The van der Waals surface area contributed by atoms with Gasteiger partial charge in [-0.1, -0.05) is 41.1 Å². The van der Waals surface area contributed by atoms with Crippen molar-refractivity contribution in [3.63, 3.8) is 0 Å². The Hall–Kier alpha value is -0.380. The predicted octanol–water partition coefficient (Wildman–Crippen LogP) is 2.80. The van der Waals surface area contributed by atoms with Crippen molar-refractivity contribution >= 4 is 15.9 Å². The van der Waals surface area contributed by atoms with Gasteiger partial charge in [-0.25, -0.2) is 0 Å². The predicted molar refractivity (Wildman–Crippen MR) is 69.4 cm³/mol. The Kier molecular flexibility index (Phi) is 3.67. The van der Waals surface area contributed by atoms with Crippen LogP contribution in [0.15, 0.2) is 28.7 Å². The third-order valence-electron chi connectivity index (χ3n) is 3.29. The SMILES string of the molecule is CC[C@@H](O)CNC1(c2ccccc2Br)CC1. The van der Waals surface area contributed by atoms with Gasteiger partial charge < -0.3 is 10.4 Å². The second kappa shape index (κ2) is 4.86. The van der Waals surface area contributed by atoms with Crippen molar-refractivity contribution in [1.29, 1.82) is 0 Å². The molecule has 2 nitrogen and oxygen atoms in total. The van der Waals surface area contributed by atoms with E-state index in [1.165, 1.54) is 5.56 Å². The Balaban J connectivity index is 2.06. The van der Waals surface area contributed by atoms with E-state index in [-0.39, 0.29) is 11.6 Å². The molecule has 0 bridgehead atoms. The van der Waals surface area contributed by atoms with Crippen LogP contribution in [0, 0.1) is 0 Å². The normalized spacial score (nSPS) is 19.4. The average molecular weight is 284 g/mol. The molecule has 1 aliphatic carbocycles. The van der Waals surface area contributed by atoms with Crippen molar-refractivity contribution in [2.45, 2.75) is 37.8 Å². The van der Waals surface area contributed by atoms with Crippen LogP contribution in [0.3, 0.4) is 0 Å². The average Bonchev–Trinajstić information content (AvgIpc) is 3.07. The van der Waals surface area contributed by atoms with Crippen LogP contribution < -0.4 is 5.32 Å². The number of nitrogens with one attached hydrogen (secondary N) is 1. The first-order valence-electron chi connectivity index (χ1n) is 5.86. The topological polar surface area (TPSA) is 32.3 Å². The summed E-state index contributed by atoms with van der Waals surface area (Å²) in [5.41, 5.74) is 1.43. The molecule has 2 N–H and O–H groups in total. The molecule has 0 saturated heterocycles. The molecule has 0 spiro atoms. The highest BCUT2D eigenvalue weighted by molar-refractivity contribution is 9.10. The van der Waals surface area contributed by atoms with Crippen LogP contribution in [0.4, 0.5) is 0 Å². The second-order valence-corrected chi connectivity index (χ2v) is 5.36. The zero-order chi connectivity index (χ0) is 11.6. The standard InChI is InChI=1S/C13H18BrNO/c1-2-10(16)9-15-13(7-8-13)11-5-3-4-6-12(11)14/h3-6,10,15-16H,2,7-9H2,1H3/t10-/m1/s1. The van der Waals surface area contributed by atoms with Crippen molar-refractivity contribution in [1.82, 2.24) is 5.32 Å². The summed E-state index contributed by atoms with van der Waals surface area (Å²) in [6, 6.07) is 8.33. The van der Waals surface area contributed by atoms with Crippen LogP contribution in [0.25, 0.3) is 0 Å². The van der Waals surface area contributed by atoms with Crippen molar-refractivity contribution in [2.75, 3.05) is 6.54 Å². The van der Waals surface area contributed by atoms with E-state index in [1.807, 2.05) is 13.0 Å². The fourth-order valence-corrected chi connectivity index (χ4v) is 2.64. The van der Waals surface area contributed by atoms with Gasteiger partial charge in [-0.05, 0) is 30.9 Å². The Morgan fingerprint density at radius 1 is 1.44 bits per heavy atom. The first-order valence-corrected chi connectivity index (χ1v) is 6.65. The van der Waals surface area contributed by atoms with E-state index in [4.69, 9.17) is 0 Å². The summed E-state index contributed by atoms with van der Waals surface area (Å²) >= 11 is 3.59. The largest absolute Gasteiger partial charge is 0.392 e. The lowest BCUT2D eigenvalue weighted by atomic mass is 10.0. The molecule has 2 rings (SSSR count). The lowest BCUT2D eigenvalue weighted by Gasteiger charge is -2.21. The zero-order valence-corrected chi connectivity index (χ0v) is 11.1. The van der Waals surface area contributed by atoms with Gasteiger partial charge in [0.05, 0.1) is 6.10 Å². The van der Waals surface area contributed by atoms with Gasteiger partial charge >= 0.3 is 0 Å². The number of aliphatic hydroxyl groups excluding tert-OH is 1. The van der Waals surface area contributed by atoms with Gasteiger partial charge in [0.2, 0.25) is 0 Å². The number of benzene rings is 1. The third kappa shape index (κ3) is 2.47. The summed E-state index contributed by atoms with van der Waals surface area (Å²) in [5, 5.41) is 13.1. The molecule has 1 atom stereocenters. The van der Waals surface area contributed by atoms with Crippen molar-refractivity contribution in [2.24, 2.45) is 0 Å². The number of aliphatic hydroxyl groups is 1. The monoisotopic (exact) mass is 283 g/mol. The molecule has 0 aromatic heterocycles. The van der Waals surface area contributed by atoms with Crippen LogP contribution in [-0.4, -0.2) is 17.8 Å². The van der Waals surface area contributed by atoms with Gasteiger partial charge in [-0.3, -0.25) is 0 Å². The number of rotatable bonds is 5. The van der Waals surface area contributed by atoms with Crippen LogP contribution in [0.5, 0.6) is 0 Å². The second-order valence-electron chi connectivity index (χ2n) is 4.50. The molecule has 16 heavy (non-hydrogen) atoms. The van der Waals surface area contributed by atoms with Crippen LogP contribution in [-0.2, 0) is 5.54 Å². The molecule has 1 aromatic carbocycles. The Bertz CT molecular complexity index is 363. The number of hydrogen-bond donors (Lipinski definition) is 2. The maximum atomic E-state index is 9.59. The van der Waals surface area contributed by atoms with Gasteiger partial charge in [0, 0.05) is 16.6 Å². The van der Waals surface area contributed by atoms with Crippen molar-refractivity contribution in [3.05, 3.63) is 34.3 Å². The van der Waals surface area contributed by atoms with Crippen LogP contribution >= 0.6 is 15.9 Å². The Labute approximate surface area is 105 Å². The van der Waals surface area contributed by atoms with Gasteiger partial charge in [-0.2, -0.15) is 0 Å². The Morgan fingerprint density at radius 2 is 2.12 bits per heavy atom. The minimum atomic E-state index is -0.236. The first-order chi connectivity index (χ1) is 7.68. The van der Waals surface area contributed by atoms with E-state index in [9.17, 15) is 5.11 Å². The van der Waals surface area contributed by atoms with E-state index in [2.05, 4.69) is 39.4 Å². The minimum absolute atomic E-state index is 0.107. The molecule has 1 aliphatic rings. The molecule has 88 valence electrons. The molecule has 0 heterocycles. The zero-order valence-electron chi connectivity index (χ0n) is 9.54. The molecule has 1 saturated carbocycles. The van der Waals surface area contributed by atoms with Gasteiger partial charge in [0.25, 0.3) is 0 Å². The van der Waals surface area contributed by atoms with Crippen LogP contribution in [0.2, 0.25) is 0 Å². The van der Waals surface area contributed by atoms with E-state index in [0.717, 1.165) is 23.7 Å². The lowest BCUT2D eigenvalue weighted by molar-refractivity contribution is 0.161. The maximum absolute atomic E-state index is 9.59. The first kappa shape index (κ1) is 12.1. The summed E-state index contributed by atoms with van der Waals surface area (Å²) in [6.07, 6.45) is 2.89. The highest BCUT2D eigenvalue weighted by Crippen LogP contribution is 2.47. The van der Waals surface area contributed by atoms with Crippen LogP contribution in [0.1, 0.15) is 31.7 Å². The quantitative estimate of drug-likeness (QED) is 0.871. The molecule has 0 aliphatic heterocycles. The van der Waals surface area contributed by atoms with Gasteiger partial charge in [0.1, 0.15) is 0 Å². The molecule has 1 aromatic rings. The fraction of sp³-hybridized carbons (Fsp3) is 0.538. The van der Waals surface area contributed by atoms with E-state index in [0.29, 0.717) is 6.54 Å². The number of hydrogen-bond acceptors (Lipinski definition) is 2. The fourth-order valence-electron chi connectivity index (χ4n) is 1.97. The summed E-state index contributed by atoms with van der Waals surface area (Å²) < 4.78 is 1.16. The maximum Gasteiger partial charge on any atom is 0.0662 e. The molecule has 0 amide bonds. The molecular weight excluding hydrogens is 266 g/mol. The van der Waals surface area contributed by atoms with Crippen molar-refractivity contribution in [3.8, 4) is 0 Å². The summed E-state index contributed by atoms with van der Waals surface area (Å²) in [4.78, 5) is 0. The summed E-state index contributed by atoms with van der Waals surface area (Å²) in [6.45, 7) is 2.68. The Morgan fingerprint density at radius 3 is 2.69 bits per heavy atom. The summed E-state index contributed by atoms with van der Waals surface area (Å²) in [5.74, 6) is 0. The molecule has 3 heteroatoms.